The molecule has 0 radical (unpaired) electrons. The molecule has 1 aliphatic carbocycles. The number of fused-ring (bicyclic) bond motifs is 1. The van der Waals surface area contributed by atoms with Crippen LogP contribution in [-0.2, 0) is 9.59 Å². The van der Waals surface area contributed by atoms with Crippen molar-refractivity contribution in [3.63, 3.8) is 0 Å². The second-order valence-electron chi connectivity index (χ2n) is 7.18. The fourth-order valence-corrected chi connectivity index (χ4v) is 3.74. The normalized spacial score (nSPS) is 19.5. The van der Waals surface area contributed by atoms with E-state index in [0.717, 1.165) is 41.4 Å². The molecule has 2 aromatic rings. The standard InChI is InChI=1S/C20H21N5O2/c1-13-10-14(6-9-24(13)19(27)4-7-21)17-11-18(25(12-26)15-2-3-15)23-20-16(17)5-8-22-20/h5-6,8,11-13,15H,2-4,9-10H2,1H3,(H,22,23)/t13-/m1/s1. The van der Waals surface area contributed by atoms with E-state index in [0.29, 0.717) is 18.8 Å². The molecule has 1 atom stereocenters. The van der Waals surface area contributed by atoms with E-state index in [2.05, 4.69) is 9.97 Å². The van der Waals surface area contributed by atoms with E-state index < -0.39 is 0 Å². The molecule has 2 aromatic heterocycles. The molecule has 0 saturated heterocycles. The van der Waals surface area contributed by atoms with Gasteiger partial charge in [-0.05, 0) is 49.5 Å². The summed E-state index contributed by atoms with van der Waals surface area (Å²) in [5.41, 5.74) is 2.94. The number of nitrogens with zero attached hydrogens (tertiary/aromatic N) is 4. The maximum atomic E-state index is 12.1. The van der Waals surface area contributed by atoms with Gasteiger partial charge < -0.3 is 9.88 Å². The van der Waals surface area contributed by atoms with Crippen LogP contribution in [0.2, 0.25) is 0 Å². The molecule has 4 rings (SSSR count). The van der Waals surface area contributed by atoms with Crippen molar-refractivity contribution in [2.24, 2.45) is 0 Å². The maximum Gasteiger partial charge on any atom is 0.237 e. The molecule has 1 fully saturated rings. The zero-order valence-corrected chi connectivity index (χ0v) is 15.2. The van der Waals surface area contributed by atoms with Gasteiger partial charge in [-0.25, -0.2) is 4.98 Å². The van der Waals surface area contributed by atoms with Crippen molar-refractivity contribution in [1.82, 2.24) is 14.9 Å². The Bertz CT molecular complexity index is 966. The number of carbonyl (C=O) groups is 2. The first-order chi connectivity index (χ1) is 13.1. The zero-order chi connectivity index (χ0) is 19.0. The number of hydrogen-bond donors (Lipinski definition) is 1. The number of amides is 2. The van der Waals surface area contributed by atoms with E-state index >= 15 is 0 Å². The second kappa shape index (κ2) is 6.88. The van der Waals surface area contributed by atoms with Gasteiger partial charge in [0.15, 0.2) is 0 Å². The van der Waals surface area contributed by atoms with Gasteiger partial charge in [0.25, 0.3) is 0 Å². The lowest BCUT2D eigenvalue weighted by Gasteiger charge is -2.33. The van der Waals surface area contributed by atoms with Crippen molar-refractivity contribution in [3.8, 4) is 6.07 Å². The number of aromatic amines is 1. The average Bonchev–Trinajstić information content (AvgIpc) is 3.37. The Balaban J connectivity index is 1.71. The van der Waals surface area contributed by atoms with Gasteiger partial charge in [0.2, 0.25) is 12.3 Å². The zero-order valence-electron chi connectivity index (χ0n) is 15.2. The van der Waals surface area contributed by atoms with Crippen LogP contribution in [0.1, 0.15) is 38.2 Å². The minimum atomic E-state index is -0.136. The Kier molecular flexibility index (Phi) is 4.40. The lowest BCUT2D eigenvalue weighted by Crippen LogP contribution is -2.40. The molecule has 3 heterocycles. The van der Waals surface area contributed by atoms with Crippen LogP contribution in [0.5, 0.6) is 0 Å². The van der Waals surface area contributed by atoms with E-state index in [4.69, 9.17) is 5.26 Å². The second-order valence-corrected chi connectivity index (χ2v) is 7.18. The number of anilines is 1. The van der Waals surface area contributed by atoms with Crippen molar-refractivity contribution in [2.45, 2.75) is 44.7 Å². The third-order valence-electron chi connectivity index (χ3n) is 5.31. The molecule has 7 nitrogen and oxygen atoms in total. The van der Waals surface area contributed by atoms with Crippen LogP contribution in [0.3, 0.4) is 0 Å². The van der Waals surface area contributed by atoms with Crippen LogP contribution >= 0.6 is 0 Å². The van der Waals surface area contributed by atoms with Gasteiger partial charge in [0.05, 0.1) is 6.07 Å². The number of H-pyrrole nitrogens is 1. The number of pyridine rings is 1. The summed E-state index contributed by atoms with van der Waals surface area (Å²) in [6.45, 7) is 2.49. The minimum Gasteiger partial charge on any atom is -0.346 e. The predicted molar refractivity (Wildman–Crippen MR) is 102 cm³/mol. The summed E-state index contributed by atoms with van der Waals surface area (Å²) in [7, 11) is 0. The quantitative estimate of drug-likeness (QED) is 0.826. The molecule has 0 spiro atoms. The molecule has 138 valence electrons. The van der Waals surface area contributed by atoms with Gasteiger partial charge in [-0.2, -0.15) is 5.26 Å². The third-order valence-corrected chi connectivity index (χ3v) is 5.31. The summed E-state index contributed by atoms with van der Waals surface area (Å²) in [4.78, 5) is 34.9. The van der Waals surface area contributed by atoms with Crippen LogP contribution in [0.4, 0.5) is 5.82 Å². The highest BCUT2D eigenvalue weighted by Gasteiger charge is 2.31. The number of carbonyl (C=O) groups excluding carboxylic acids is 2. The number of hydrogen-bond acceptors (Lipinski definition) is 4. The molecule has 0 aromatic carbocycles. The Labute approximate surface area is 157 Å². The Morgan fingerprint density at radius 2 is 2.33 bits per heavy atom. The summed E-state index contributed by atoms with van der Waals surface area (Å²) >= 11 is 0. The SMILES string of the molecule is C[C@@H]1CC(c2cc(N(C=O)C3CC3)nc3[nH]ccc23)=CCN1C(=O)CC#N. The fourth-order valence-electron chi connectivity index (χ4n) is 3.74. The molecule has 1 aliphatic heterocycles. The number of rotatable bonds is 5. The van der Waals surface area contributed by atoms with Crippen molar-refractivity contribution < 1.29 is 9.59 Å². The minimum absolute atomic E-state index is 0.0158. The van der Waals surface area contributed by atoms with Gasteiger partial charge in [-0.1, -0.05) is 6.08 Å². The molecule has 27 heavy (non-hydrogen) atoms. The predicted octanol–water partition coefficient (Wildman–Crippen LogP) is 2.61. The Hall–Kier alpha value is -3.14. The van der Waals surface area contributed by atoms with E-state index in [1.807, 2.05) is 37.4 Å². The molecule has 1 saturated carbocycles. The molecule has 0 unspecified atom stereocenters. The van der Waals surface area contributed by atoms with Crippen molar-refractivity contribution in [2.75, 3.05) is 11.4 Å². The smallest absolute Gasteiger partial charge is 0.237 e. The van der Waals surface area contributed by atoms with Crippen LogP contribution in [0.25, 0.3) is 16.6 Å². The summed E-state index contributed by atoms with van der Waals surface area (Å²) in [6.07, 6.45) is 7.38. The molecular formula is C20H21N5O2. The molecule has 2 aliphatic rings. The van der Waals surface area contributed by atoms with Gasteiger partial charge in [-0.15, -0.1) is 0 Å². The molecule has 0 bridgehead atoms. The van der Waals surface area contributed by atoms with Crippen LogP contribution in [0, 0.1) is 11.3 Å². The van der Waals surface area contributed by atoms with Crippen LogP contribution in [0.15, 0.2) is 24.4 Å². The lowest BCUT2D eigenvalue weighted by molar-refractivity contribution is -0.131. The van der Waals surface area contributed by atoms with Gasteiger partial charge in [0, 0.05) is 30.2 Å². The molecule has 1 N–H and O–H groups in total. The fraction of sp³-hybridized carbons (Fsp3) is 0.400. The summed E-state index contributed by atoms with van der Waals surface area (Å²) in [5.74, 6) is 0.525. The van der Waals surface area contributed by atoms with Crippen LogP contribution in [-0.4, -0.2) is 45.8 Å². The first-order valence-electron chi connectivity index (χ1n) is 9.20. The van der Waals surface area contributed by atoms with E-state index in [1.54, 1.807) is 9.80 Å². The highest BCUT2D eigenvalue weighted by molar-refractivity contribution is 5.94. The van der Waals surface area contributed by atoms with Gasteiger partial charge in [-0.3, -0.25) is 14.5 Å². The Morgan fingerprint density at radius 3 is 3.00 bits per heavy atom. The summed E-state index contributed by atoms with van der Waals surface area (Å²) in [5, 5.41) is 9.79. The third kappa shape index (κ3) is 3.19. The van der Waals surface area contributed by atoms with Gasteiger partial charge in [0.1, 0.15) is 17.9 Å². The maximum absolute atomic E-state index is 12.1. The largest absolute Gasteiger partial charge is 0.346 e. The van der Waals surface area contributed by atoms with Gasteiger partial charge >= 0.3 is 0 Å². The number of aromatic nitrogens is 2. The van der Waals surface area contributed by atoms with Crippen LogP contribution < -0.4 is 4.90 Å². The van der Waals surface area contributed by atoms with Crippen molar-refractivity contribution >= 4 is 34.7 Å². The average molecular weight is 363 g/mol. The monoisotopic (exact) mass is 363 g/mol. The highest BCUT2D eigenvalue weighted by atomic mass is 16.2. The van der Waals surface area contributed by atoms with E-state index in [1.165, 1.54) is 0 Å². The summed E-state index contributed by atoms with van der Waals surface area (Å²) in [6, 6.07) is 6.16. The molecule has 2 amide bonds. The summed E-state index contributed by atoms with van der Waals surface area (Å²) < 4.78 is 0. The Morgan fingerprint density at radius 1 is 1.52 bits per heavy atom. The first-order valence-corrected chi connectivity index (χ1v) is 9.20. The molecular weight excluding hydrogens is 342 g/mol. The van der Waals surface area contributed by atoms with E-state index in [-0.39, 0.29) is 24.4 Å². The topological polar surface area (TPSA) is 93.1 Å². The number of nitriles is 1. The van der Waals surface area contributed by atoms with Crippen molar-refractivity contribution in [1.29, 1.82) is 5.26 Å². The molecule has 7 heteroatoms. The highest BCUT2D eigenvalue weighted by Crippen LogP contribution is 2.36. The lowest BCUT2D eigenvalue weighted by atomic mass is 9.93. The number of nitrogens with one attached hydrogen (secondary N) is 1. The van der Waals surface area contributed by atoms with E-state index in [9.17, 15) is 9.59 Å². The first kappa shape index (κ1) is 17.3. The van der Waals surface area contributed by atoms with Crippen molar-refractivity contribution in [3.05, 3.63) is 30.0 Å².